The molecule has 8 nitrogen and oxygen atoms in total. The maximum atomic E-state index is 14.1. The summed E-state index contributed by atoms with van der Waals surface area (Å²) < 4.78 is 21.8. The van der Waals surface area contributed by atoms with Gasteiger partial charge in [-0.25, -0.2) is 4.39 Å². The molecule has 3 aromatic heterocycles. The molecule has 0 aromatic carbocycles. The number of alkyl halides is 1. The number of fused-ring (bicyclic) bond motifs is 1. The minimum absolute atomic E-state index is 0.369. The Hall–Kier alpha value is -2.68. The fourth-order valence-electron chi connectivity index (χ4n) is 2.85. The van der Waals surface area contributed by atoms with Crippen molar-refractivity contribution in [3.63, 3.8) is 0 Å². The summed E-state index contributed by atoms with van der Waals surface area (Å²) in [5, 5.41) is 11.2. The fourth-order valence-corrected chi connectivity index (χ4v) is 2.85. The van der Waals surface area contributed by atoms with E-state index >= 15 is 0 Å². The first-order valence-electron chi connectivity index (χ1n) is 8.39. The predicted molar refractivity (Wildman–Crippen MR) is 91.9 cm³/mol. The van der Waals surface area contributed by atoms with Crippen molar-refractivity contribution < 1.29 is 9.13 Å². The highest BCUT2D eigenvalue weighted by atomic mass is 19.1. The molecular weight excluding hydrogens is 325 g/mol. The van der Waals surface area contributed by atoms with Crippen molar-refractivity contribution in [1.29, 1.82) is 0 Å². The highest BCUT2D eigenvalue weighted by Crippen LogP contribution is 2.27. The zero-order valence-electron chi connectivity index (χ0n) is 13.9. The number of aromatic nitrogens is 5. The topological polar surface area (TPSA) is 92.7 Å². The van der Waals surface area contributed by atoms with E-state index in [0.29, 0.717) is 37.0 Å². The molecule has 132 valence electrons. The van der Waals surface area contributed by atoms with Crippen LogP contribution in [-0.4, -0.2) is 50.1 Å². The number of nitrogens with zero attached hydrogens (tertiary/aromatic N) is 4. The Balaban J connectivity index is 1.62. The van der Waals surface area contributed by atoms with Crippen molar-refractivity contribution in [3.05, 3.63) is 24.7 Å². The molecule has 0 aliphatic carbocycles. The van der Waals surface area contributed by atoms with E-state index < -0.39 is 12.3 Å². The third-order valence-corrected chi connectivity index (χ3v) is 4.20. The fraction of sp³-hybridized carbons (Fsp3) is 0.438. The van der Waals surface area contributed by atoms with Crippen molar-refractivity contribution in [2.75, 3.05) is 18.4 Å². The van der Waals surface area contributed by atoms with Crippen molar-refractivity contribution >= 4 is 22.7 Å². The molecule has 1 saturated heterocycles. The average molecular weight is 345 g/mol. The molecule has 3 N–H and O–H groups in total. The number of H-pyrrole nitrogens is 1. The minimum atomic E-state index is -1.01. The van der Waals surface area contributed by atoms with Gasteiger partial charge < -0.3 is 20.4 Å². The Labute approximate surface area is 143 Å². The zero-order valence-corrected chi connectivity index (χ0v) is 13.9. The van der Waals surface area contributed by atoms with Gasteiger partial charge in [-0.15, -0.1) is 0 Å². The molecule has 9 heteroatoms. The number of hydrogen-bond acceptors (Lipinski definition) is 6. The second kappa shape index (κ2) is 6.67. The Bertz CT molecular complexity index is 861. The van der Waals surface area contributed by atoms with Crippen molar-refractivity contribution in [2.24, 2.45) is 0 Å². The number of rotatable bonds is 5. The summed E-state index contributed by atoms with van der Waals surface area (Å²) in [5.74, 6) is 0.743. The van der Waals surface area contributed by atoms with Crippen LogP contribution in [0.5, 0.6) is 5.88 Å². The van der Waals surface area contributed by atoms with Gasteiger partial charge in [0.15, 0.2) is 0 Å². The second-order valence-corrected chi connectivity index (χ2v) is 5.97. The largest absolute Gasteiger partial charge is 0.469 e. The van der Waals surface area contributed by atoms with E-state index in [9.17, 15) is 4.39 Å². The molecule has 25 heavy (non-hydrogen) atoms. The summed E-state index contributed by atoms with van der Waals surface area (Å²) in [4.78, 5) is 11.9. The number of aryl methyl sites for hydroxylation is 1. The molecule has 2 atom stereocenters. The molecule has 0 bridgehead atoms. The summed E-state index contributed by atoms with van der Waals surface area (Å²) in [6.45, 7) is 3.91. The lowest BCUT2D eigenvalue weighted by Gasteiger charge is -2.27. The summed E-state index contributed by atoms with van der Waals surface area (Å²) in [6, 6.07) is 1.83. The van der Waals surface area contributed by atoms with E-state index in [0.717, 1.165) is 17.6 Å². The van der Waals surface area contributed by atoms with Gasteiger partial charge in [-0.2, -0.15) is 15.1 Å². The van der Waals surface area contributed by atoms with Gasteiger partial charge in [0.25, 0.3) is 0 Å². The maximum Gasteiger partial charge on any atom is 0.232 e. The minimum Gasteiger partial charge on any atom is -0.469 e. The smallest absolute Gasteiger partial charge is 0.232 e. The Kier molecular flexibility index (Phi) is 4.22. The van der Waals surface area contributed by atoms with Crippen LogP contribution in [0.15, 0.2) is 24.7 Å². The van der Waals surface area contributed by atoms with Gasteiger partial charge in [0.1, 0.15) is 17.9 Å². The number of piperidine rings is 1. The van der Waals surface area contributed by atoms with Gasteiger partial charge >= 0.3 is 0 Å². The second-order valence-electron chi connectivity index (χ2n) is 5.97. The quantitative estimate of drug-likeness (QED) is 0.655. The van der Waals surface area contributed by atoms with Crippen LogP contribution in [0.1, 0.15) is 13.3 Å². The molecule has 0 amide bonds. The molecule has 1 fully saturated rings. The first kappa shape index (κ1) is 15.8. The lowest BCUT2D eigenvalue weighted by Crippen LogP contribution is -2.45. The standard InChI is InChI=1S/C16H20FN7O/c1-2-24-9-10(7-20-24)21-16-22-14-11(3-6-19-14)15(23-16)25-13-8-18-5-4-12(13)17/h3,6-7,9,12-13,18H,2,4-5,8H2,1H3,(H2,19,21,22,23). The van der Waals surface area contributed by atoms with E-state index in [1.807, 2.05) is 19.2 Å². The molecule has 4 heterocycles. The van der Waals surface area contributed by atoms with Crippen molar-refractivity contribution in [1.82, 2.24) is 30.0 Å². The molecule has 3 aromatic rings. The van der Waals surface area contributed by atoms with E-state index in [1.165, 1.54) is 0 Å². The van der Waals surface area contributed by atoms with Crippen LogP contribution >= 0.6 is 0 Å². The van der Waals surface area contributed by atoms with E-state index in [-0.39, 0.29) is 0 Å². The highest BCUT2D eigenvalue weighted by Gasteiger charge is 2.27. The molecule has 0 spiro atoms. The van der Waals surface area contributed by atoms with E-state index in [4.69, 9.17) is 4.74 Å². The Morgan fingerprint density at radius 1 is 1.44 bits per heavy atom. The molecule has 1 aliphatic rings. The number of aromatic amines is 1. The van der Waals surface area contributed by atoms with Gasteiger partial charge in [0.05, 0.1) is 17.3 Å². The number of ether oxygens (including phenoxy) is 1. The van der Waals surface area contributed by atoms with Gasteiger partial charge in [0, 0.05) is 25.5 Å². The van der Waals surface area contributed by atoms with E-state index in [2.05, 4.69) is 30.7 Å². The zero-order chi connectivity index (χ0) is 17.2. The van der Waals surface area contributed by atoms with Gasteiger partial charge in [-0.05, 0) is 26.0 Å². The van der Waals surface area contributed by atoms with Crippen LogP contribution in [0, 0.1) is 0 Å². The first-order valence-corrected chi connectivity index (χ1v) is 8.39. The molecule has 2 unspecified atom stereocenters. The Morgan fingerprint density at radius 3 is 3.16 bits per heavy atom. The van der Waals surface area contributed by atoms with Crippen LogP contribution in [-0.2, 0) is 6.54 Å². The number of nitrogens with one attached hydrogen (secondary N) is 3. The molecule has 1 aliphatic heterocycles. The summed E-state index contributed by atoms with van der Waals surface area (Å²) in [6.07, 6.45) is 4.20. The van der Waals surface area contributed by atoms with Crippen molar-refractivity contribution in [3.8, 4) is 5.88 Å². The summed E-state index contributed by atoms with van der Waals surface area (Å²) >= 11 is 0. The molecule has 0 saturated carbocycles. The molecule has 0 radical (unpaired) electrons. The van der Waals surface area contributed by atoms with E-state index in [1.54, 1.807) is 17.1 Å². The highest BCUT2D eigenvalue weighted by molar-refractivity contribution is 5.82. The number of hydrogen-bond donors (Lipinski definition) is 3. The van der Waals surface area contributed by atoms with Gasteiger partial charge in [-0.3, -0.25) is 4.68 Å². The summed E-state index contributed by atoms with van der Waals surface area (Å²) in [5.41, 5.74) is 1.41. The predicted octanol–water partition coefficient (Wildman–Crippen LogP) is 2.00. The number of halogens is 1. The van der Waals surface area contributed by atoms with Crippen LogP contribution < -0.4 is 15.4 Å². The third kappa shape index (κ3) is 3.27. The van der Waals surface area contributed by atoms with Crippen molar-refractivity contribution in [2.45, 2.75) is 32.2 Å². The molecule has 4 rings (SSSR count). The summed E-state index contributed by atoms with van der Waals surface area (Å²) in [7, 11) is 0. The average Bonchev–Trinajstić information content (AvgIpc) is 3.26. The lowest BCUT2D eigenvalue weighted by atomic mass is 10.1. The normalized spacial score (nSPS) is 20.7. The maximum absolute atomic E-state index is 14.1. The molecular formula is C16H20FN7O. The van der Waals surface area contributed by atoms with Gasteiger partial charge in [-0.1, -0.05) is 0 Å². The lowest BCUT2D eigenvalue weighted by molar-refractivity contribution is 0.0722. The third-order valence-electron chi connectivity index (χ3n) is 4.20. The monoisotopic (exact) mass is 345 g/mol. The Morgan fingerprint density at radius 2 is 2.36 bits per heavy atom. The van der Waals surface area contributed by atoms with Crippen LogP contribution in [0.3, 0.4) is 0 Å². The van der Waals surface area contributed by atoms with Gasteiger partial charge in [0.2, 0.25) is 11.8 Å². The van der Waals surface area contributed by atoms with Crippen LogP contribution in [0.25, 0.3) is 11.0 Å². The van der Waals surface area contributed by atoms with Crippen LogP contribution in [0.4, 0.5) is 16.0 Å². The van der Waals surface area contributed by atoms with Crippen LogP contribution in [0.2, 0.25) is 0 Å². The first-order chi connectivity index (χ1) is 12.2. The SMILES string of the molecule is CCn1cc(Nc2nc(OC3CNCCC3F)c3cc[nH]c3n2)cn1. The number of anilines is 2.